The normalized spacial score (nSPS) is 23.9. The Hall–Kier alpha value is -2.48. The zero-order chi connectivity index (χ0) is 18.1. The Morgan fingerprint density at radius 3 is 2.71 bits per heavy atom. The molecule has 1 aliphatic rings. The maximum atomic E-state index is 12.0. The average molecular weight is 335 g/mol. The molecule has 0 radical (unpaired) electrons. The summed E-state index contributed by atoms with van der Waals surface area (Å²) < 4.78 is 4.88. The largest absolute Gasteiger partial charge is 0.469 e. The number of carbonyl (C=O) groups excluding carboxylic acids is 2. The van der Waals surface area contributed by atoms with Crippen molar-refractivity contribution in [3.8, 4) is 0 Å². The van der Waals surface area contributed by atoms with Crippen LogP contribution in [0.5, 0.6) is 0 Å². The molecule has 0 bridgehead atoms. The van der Waals surface area contributed by atoms with Crippen molar-refractivity contribution < 1.29 is 19.2 Å². The smallest absolute Gasteiger partial charge is 0.313 e. The molecule has 0 unspecified atom stereocenters. The molecule has 1 saturated heterocycles. The number of nitrogens with two attached hydrogens (primary N) is 1. The molecular weight excluding hydrogens is 314 g/mol. The van der Waals surface area contributed by atoms with Gasteiger partial charge in [0.15, 0.2) is 0 Å². The number of hydrogen-bond acceptors (Lipinski definition) is 6. The molecule has 1 aromatic carbocycles. The van der Waals surface area contributed by atoms with Gasteiger partial charge in [-0.1, -0.05) is 13.0 Å². The molecule has 2 atom stereocenters. The summed E-state index contributed by atoms with van der Waals surface area (Å²) in [6.45, 7) is 5.19. The van der Waals surface area contributed by atoms with Crippen molar-refractivity contribution in [2.45, 2.75) is 20.4 Å². The van der Waals surface area contributed by atoms with E-state index in [4.69, 9.17) is 10.5 Å². The molecule has 1 heterocycles. The van der Waals surface area contributed by atoms with Gasteiger partial charge in [0.2, 0.25) is 5.91 Å². The lowest BCUT2D eigenvalue weighted by Gasteiger charge is -2.25. The SMILES string of the molecule is COC(=O)[C@]1(C)CN(Cc2ccc(C(N)=O)cc2[N+](=O)[O-])C[C@H]1C. The highest BCUT2D eigenvalue weighted by atomic mass is 16.6. The van der Waals surface area contributed by atoms with Crippen LogP contribution in [-0.4, -0.2) is 41.9 Å². The molecule has 1 aliphatic heterocycles. The molecule has 1 amide bonds. The minimum Gasteiger partial charge on any atom is -0.469 e. The Kier molecular flexibility index (Phi) is 4.88. The third kappa shape index (κ3) is 3.23. The standard InChI is InChI=1S/C16H21N3O5/c1-10-7-18(9-16(10,2)15(21)24-3)8-12-5-4-11(14(17)20)6-13(12)19(22)23/h4-6,10H,7-9H2,1-3H3,(H2,17,20)/t10-,16-/m1/s1. The van der Waals surface area contributed by atoms with Crippen molar-refractivity contribution >= 4 is 17.6 Å². The van der Waals surface area contributed by atoms with Crippen LogP contribution in [0.1, 0.15) is 29.8 Å². The summed E-state index contributed by atoms with van der Waals surface area (Å²) in [5.74, 6) is -0.928. The van der Waals surface area contributed by atoms with Gasteiger partial charge in [0.25, 0.3) is 5.69 Å². The number of amides is 1. The van der Waals surface area contributed by atoms with Crippen molar-refractivity contribution in [2.75, 3.05) is 20.2 Å². The quantitative estimate of drug-likeness (QED) is 0.493. The summed E-state index contributed by atoms with van der Waals surface area (Å²) in [6.07, 6.45) is 0. The highest BCUT2D eigenvalue weighted by Crippen LogP contribution is 2.37. The van der Waals surface area contributed by atoms with Gasteiger partial charge in [-0.2, -0.15) is 0 Å². The van der Waals surface area contributed by atoms with E-state index in [1.807, 2.05) is 18.7 Å². The molecule has 0 spiro atoms. The summed E-state index contributed by atoms with van der Waals surface area (Å²) in [6, 6.07) is 4.21. The number of methoxy groups -OCH3 is 1. The van der Waals surface area contributed by atoms with E-state index in [0.717, 1.165) is 0 Å². The Balaban J connectivity index is 2.25. The van der Waals surface area contributed by atoms with E-state index in [1.54, 1.807) is 0 Å². The van der Waals surface area contributed by atoms with Crippen LogP contribution in [0.25, 0.3) is 0 Å². The van der Waals surface area contributed by atoms with Gasteiger partial charge in [0, 0.05) is 36.8 Å². The predicted molar refractivity (Wildman–Crippen MR) is 86.2 cm³/mol. The third-order valence-corrected chi connectivity index (χ3v) is 4.78. The number of benzene rings is 1. The summed E-state index contributed by atoms with van der Waals surface area (Å²) in [5, 5.41) is 11.3. The number of nitro benzene ring substituents is 1. The minimum absolute atomic E-state index is 0.0638. The van der Waals surface area contributed by atoms with Crippen molar-refractivity contribution in [1.82, 2.24) is 4.90 Å². The highest BCUT2D eigenvalue weighted by Gasteiger charge is 2.47. The van der Waals surface area contributed by atoms with E-state index < -0.39 is 16.2 Å². The molecule has 8 nitrogen and oxygen atoms in total. The Labute approximate surface area is 139 Å². The number of likely N-dealkylation sites (tertiary alicyclic amines) is 1. The van der Waals surface area contributed by atoms with Gasteiger partial charge >= 0.3 is 5.97 Å². The van der Waals surface area contributed by atoms with E-state index in [2.05, 4.69) is 0 Å². The van der Waals surface area contributed by atoms with Crippen LogP contribution in [0.3, 0.4) is 0 Å². The van der Waals surface area contributed by atoms with E-state index in [-0.39, 0.29) is 23.1 Å². The number of nitro groups is 1. The second-order valence-corrected chi connectivity index (χ2v) is 6.44. The van der Waals surface area contributed by atoms with Crippen LogP contribution in [-0.2, 0) is 16.1 Å². The second-order valence-electron chi connectivity index (χ2n) is 6.44. The molecule has 24 heavy (non-hydrogen) atoms. The van der Waals surface area contributed by atoms with Gasteiger partial charge in [0.1, 0.15) is 0 Å². The molecule has 2 rings (SSSR count). The van der Waals surface area contributed by atoms with E-state index >= 15 is 0 Å². The first-order valence-electron chi connectivity index (χ1n) is 7.57. The van der Waals surface area contributed by atoms with Crippen LogP contribution >= 0.6 is 0 Å². The molecule has 2 N–H and O–H groups in total. The predicted octanol–water partition coefficient (Wildman–Crippen LogP) is 1.32. The van der Waals surface area contributed by atoms with Crippen LogP contribution in [0.15, 0.2) is 18.2 Å². The highest BCUT2D eigenvalue weighted by molar-refractivity contribution is 5.93. The lowest BCUT2D eigenvalue weighted by atomic mass is 9.81. The lowest BCUT2D eigenvalue weighted by molar-refractivity contribution is -0.385. The average Bonchev–Trinajstić information content (AvgIpc) is 2.81. The topological polar surface area (TPSA) is 116 Å². The fourth-order valence-corrected chi connectivity index (χ4v) is 3.15. The maximum Gasteiger partial charge on any atom is 0.313 e. The van der Waals surface area contributed by atoms with Gasteiger partial charge < -0.3 is 10.5 Å². The van der Waals surface area contributed by atoms with Gasteiger partial charge in [-0.25, -0.2) is 0 Å². The molecule has 0 aromatic heterocycles. The Morgan fingerprint density at radius 1 is 1.50 bits per heavy atom. The van der Waals surface area contributed by atoms with E-state index in [1.165, 1.54) is 25.3 Å². The van der Waals surface area contributed by atoms with Gasteiger partial charge in [-0.05, 0) is 18.9 Å². The zero-order valence-electron chi connectivity index (χ0n) is 13.9. The van der Waals surface area contributed by atoms with Crippen LogP contribution in [0.2, 0.25) is 0 Å². The van der Waals surface area contributed by atoms with Crippen LogP contribution in [0, 0.1) is 21.4 Å². The Morgan fingerprint density at radius 2 is 2.17 bits per heavy atom. The molecule has 1 aromatic rings. The first-order valence-corrected chi connectivity index (χ1v) is 7.57. The second kappa shape index (κ2) is 6.56. The molecular formula is C16H21N3O5. The molecule has 0 aliphatic carbocycles. The summed E-state index contributed by atoms with van der Waals surface area (Å²) >= 11 is 0. The van der Waals surface area contributed by atoms with Crippen LogP contribution in [0.4, 0.5) is 5.69 Å². The number of nitrogens with zero attached hydrogens (tertiary/aromatic N) is 2. The summed E-state index contributed by atoms with van der Waals surface area (Å²) in [7, 11) is 1.36. The van der Waals surface area contributed by atoms with Crippen molar-refractivity contribution in [1.29, 1.82) is 0 Å². The number of carbonyl (C=O) groups is 2. The molecule has 0 saturated carbocycles. The number of ether oxygens (including phenoxy) is 1. The number of esters is 1. The number of hydrogen-bond donors (Lipinski definition) is 1. The monoisotopic (exact) mass is 335 g/mol. The zero-order valence-corrected chi connectivity index (χ0v) is 13.9. The fraction of sp³-hybridized carbons (Fsp3) is 0.500. The molecule has 8 heteroatoms. The minimum atomic E-state index is -0.710. The van der Waals surface area contributed by atoms with Gasteiger partial charge in [-0.3, -0.25) is 24.6 Å². The first-order chi connectivity index (χ1) is 11.2. The number of rotatable bonds is 5. The number of primary amides is 1. The van der Waals surface area contributed by atoms with Gasteiger partial charge in [-0.15, -0.1) is 0 Å². The molecule has 130 valence electrons. The van der Waals surface area contributed by atoms with Crippen LogP contribution < -0.4 is 5.73 Å². The summed E-state index contributed by atoms with van der Waals surface area (Å²) in [5.41, 5.74) is 4.96. The van der Waals surface area contributed by atoms with E-state index in [9.17, 15) is 19.7 Å². The van der Waals surface area contributed by atoms with E-state index in [0.29, 0.717) is 25.2 Å². The third-order valence-electron chi connectivity index (χ3n) is 4.78. The van der Waals surface area contributed by atoms with Gasteiger partial charge in [0.05, 0.1) is 17.4 Å². The molecule has 1 fully saturated rings. The van der Waals surface area contributed by atoms with Crippen molar-refractivity contribution in [3.63, 3.8) is 0 Å². The maximum absolute atomic E-state index is 12.0. The fourth-order valence-electron chi connectivity index (χ4n) is 3.15. The first kappa shape index (κ1) is 17.9. The van der Waals surface area contributed by atoms with Crippen molar-refractivity contribution in [3.05, 3.63) is 39.4 Å². The Bertz CT molecular complexity index is 690. The summed E-state index contributed by atoms with van der Waals surface area (Å²) in [4.78, 5) is 36.0. The van der Waals surface area contributed by atoms with Crippen molar-refractivity contribution in [2.24, 2.45) is 17.1 Å². The lowest BCUT2D eigenvalue weighted by Crippen LogP contribution is -2.36.